The van der Waals surface area contributed by atoms with Gasteiger partial charge >= 0.3 is 0 Å². The lowest BCUT2D eigenvalue weighted by Crippen LogP contribution is -2.33. The Morgan fingerprint density at radius 3 is 3.07 bits per heavy atom. The van der Waals surface area contributed by atoms with E-state index in [4.69, 9.17) is 5.73 Å². The SMILES string of the molecule is C[C@H]1CCCCCN1c1ccnc(N)n1. The maximum absolute atomic E-state index is 5.60. The Bertz CT molecular complexity index is 326. The van der Waals surface area contributed by atoms with Gasteiger partial charge in [-0.25, -0.2) is 4.98 Å². The van der Waals surface area contributed by atoms with Gasteiger partial charge in [0.15, 0.2) is 0 Å². The first kappa shape index (κ1) is 10.2. The summed E-state index contributed by atoms with van der Waals surface area (Å²) in [5.74, 6) is 1.33. The summed E-state index contributed by atoms with van der Waals surface area (Å²) in [5, 5.41) is 0. The molecule has 1 saturated heterocycles. The van der Waals surface area contributed by atoms with Crippen molar-refractivity contribution in [1.82, 2.24) is 9.97 Å². The molecule has 0 bridgehead atoms. The van der Waals surface area contributed by atoms with Gasteiger partial charge in [-0.15, -0.1) is 0 Å². The van der Waals surface area contributed by atoms with E-state index in [1.165, 1.54) is 25.7 Å². The van der Waals surface area contributed by atoms with Crippen molar-refractivity contribution in [2.75, 3.05) is 17.2 Å². The highest BCUT2D eigenvalue weighted by molar-refractivity contribution is 5.42. The minimum Gasteiger partial charge on any atom is -0.368 e. The van der Waals surface area contributed by atoms with Gasteiger partial charge in [-0.2, -0.15) is 4.98 Å². The van der Waals surface area contributed by atoms with Crippen molar-refractivity contribution < 1.29 is 0 Å². The molecule has 1 aliphatic heterocycles. The van der Waals surface area contributed by atoms with E-state index >= 15 is 0 Å². The molecule has 82 valence electrons. The molecule has 1 aliphatic rings. The minimum atomic E-state index is 0.365. The minimum absolute atomic E-state index is 0.365. The van der Waals surface area contributed by atoms with E-state index in [9.17, 15) is 0 Å². The maximum atomic E-state index is 5.60. The van der Waals surface area contributed by atoms with E-state index in [1.807, 2.05) is 6.07 Å². The molecule has 0 amide bonds. The number of anilines is 2. The van der Waals surface area contributed by atoms with Crippen molar-refractivity contribution in [2.24, 2.45) is 0 Å². The summed E-state index contributed by atoms with van der Waals surface area (Å²) in [7, 11) is 0. The van der Waals surface area contributed by atoms with E-state index in [0.717, 1.165) is 12.4 Å². The molecule has 4 heteroatoms. The molecule has 1 fully saturated rings. The molecule has 2 heterocycles. The predicted octanol–water partition coefficient (Wildman–Crippen LogP) is 1.83. The highest BCUT2D eigenvalue weighted by atomic mass is 15.2. The lowest BCUT2D eigenvalue weighted by molar-refractivity contribution is 0.611. The molecule has 1 atom stereocenters. The Kier molecular flexibility index (Phi) is 3.04. The van der Waals surface area contributed by atoms with Crippen LogP contribution in [0.15, 0.2) is 12.3 Å². The lowest BCUT2D eigenvalue weighted by Gasteiger charge is -2.28. The third-order valence-electron chi connectivity index (χ3n) is 3.01. The molecule has 1 aromatic rings. The smallest absolute Gasteiger partial charge is 0.221 e. The van der Waals surface area contributed by atoms with Gasteiger partial charge in [0, 0.05) is 18.8 Å². The normalized spacial score (nSPS) is 22.5. The summed E-state index contributed by atoms with van der Waals surface area (Å²) in [6, 6.07) is 2.50. The third-order valence-corrected chi connectivity index (χ3v) is 3.01. The van der Waals surface area contributed by atoms with E-state index in [1.54, 1.807) is 6.20 Å². The molecule has 4 nitrogen and oxygen atoms in total. The zero-order valence-electron chi connectivity index (χ0n) is 9.19. The summed E-state index contributed by atoms with van der Waals surface area (Å²) in [4.78, 5) is 10.5. The fourth-order valence-electron chi connectivity index (χ4n) is 2.14. The van der Waals surface area contributed by atoms with Gasteiger partial charge < -0.3 is 10.6 Å². The number of nitrogens with zero attached hydrogens (tertiary/aromatic N) is 3. The first-order valence-electron chi connectivity index (χ1n) is 5.62. The molecule has 0 aromatic carbocycles. The van der Waals surface area contributed by atoms with Crippen molar-refractivity contribution in [3.63, 3.8) is 0 Å². The Hall–Kier alpha value is -1.32. The predicted molar refractivity (Wildman–Crippen MR) is 61.7 cm³/mol. The van der Waals surface area contributed by atoms with Crippen molar-refractivity contribution in [2.45, 2.75) is 38.6 Å². The molecule has 0 unspecified atom stereocenters. The van der Waals surface area contributed by atoms with E-state index in [2.05, 4.69) is 21.8 Å². The van der Waals surface area contributed by atoms with Crippen molar-refractivity contribution in [3.8, 4) is 0 Å². The average molecular weight is 206 g/mol. The third kappa shape index (κ3) is 2.37. The van der Waals surface area contributed by atoms with Crippen LogP contribution in [-0.4, -0.2) is 22.6 Å². The lowest BCUT2D eigenvalue weighted by atomic mass is 10.1. The van der Waals surface area contributed by atoms with Gasteiger partial charge in [0.2, 0.25) is 5.95 Å². The topological polar surface area (TPSA) is 55.0 Å². The largest absolute Gasteiger partial charge is 0.368 e. The van der Waals surface area contributed by atoms with Crippen LogP contribution in [0.1, 0.15) is 32.6 Å². The molecule has 0 saturated carbocycles. The second kappa shape index (κ2) is 4.47. The molecular formula is C11H18N4. The van der Waals surface area contributed by atoms with Crippen LogP contribution in [0.25, 0.3) is 0 Å². The van der Waals surface area contributed by atoms with Crippen molar-refractivity contribution in [3.05, 3.63) is 12.3 Å². The Balaban J connectivity index is 2.20. The zero-order valence-corrected chi connectivity index (χ0v) is 9.19. The highest BCUT2D eigenvalue weighted by Crippen LogP contribution is 2.22. The van der Waals surface area contributed by atoms with Crippen LogP contribution in [0, 0.1) is 0 Å². The van der Waals surface area contributed by atoms with Crippen LogP contribution in [0.3, 0.4) is 0 Å². The van der Waals surface area contributed by atoms with Crippen LogP contribution < -0.4 is 10.6 Å². The van der Waals surface area contributed by atoms with Crippen LogP contribution in [-0.2, 0) is 0 Å². The van der Waals surface area contributed by atoms with Gasteiger partial charge in [0.1, 0.15) is 5.82 Å². The van der Waals surface area contributed by atoms with Crippen LogP contribution in [0.4, 0.5) is 11.8 Å². The zero-order chi connectivity index (χ0) is 10.7. The summed E-state index contributed by atoms with van der Waals surface area (Å²) in [5.41, 5.74) is 5.60. The Morgan fingerprint density at radius 1 is 1.40 bits per heavy atom. The highest BCUT2D eigenvalue weighted by Gasteiger charge is 2.18. The maximum Gasteiger partial charge on any atom is 0.221 e. The van der Waals surface area contributed by atoms with Crippen LogP contribution in [0.5, 0.6) is 0 Å². The quantitative estimate of drug-likeness (QED) is 0.761. The van der Waals surface area contributed by atoms with E-state index in [-0.39, 0.29) is 0 Å². The summed E-state index contributed by atoms with van der Waals surface area (Å²) in [6.45, 7) is 3.33. The molecule has 0 spiro atoms. The first-order valence-corrected chi connectivity index (χ1v) is 5.62. The second-order valence-corrected chi connectivity index (χ2v) is 4.16. The molecule has 0 radical (unpaired) electrons. The second-order valence-electron chi connectivity index (χ2n) is 4.16. The standard InChI is InChI=1S/C11H18N4/c1-9-5-3-2-4-8-15(9)10-6-7-13-11(12)14-10/h6-7,9H,2-5,8H2,1H3,(H2,12,13,14)/t9-/m0/s1. The number of nitrogen functional groups attached to an aromatic ring is 1. The molecule has 15 heavy (non-hydrogen) atoms. The fourth-order valence-corrected chi connectivity index (χ4v) is 2.14. The van der Waals surface area contributed by atoms with Gasteiger partial charge in [0.25, 0.3) is 0 Å². The summed E-state index contributed by atoms with van der Waals surface area (Å²) >= 11 is 0. The Morgan fingerprint density at radius 2 is 2.27 bits per heavy atom. The van der Waals surface area contributed by atoms with E-state index in [0.29, 0.717) is 12.0 Å². The molecule has 0 aliphatic carbocycles. The van der Waals surface area contributed by atoms with Crippen molar-refractivity contribution >= 4 is 11.8 Å². The average Bonchev–Trinajstić information content (AvgIpc) is 2.43. The molecule has 2 rings (SSSR count). The monoisotopic (exact) mass is 206 g/mol. The summed E-state index contributed by atoms with van der Waals surface area (Å²) in [6.07, 6.45) is 6.85. The van der Waals surface area contributed by atoms with Crippen LogP contribution >= 0.6 is 0 Å². The number of rotatable bonds is 1. The van der Waals surface area contributed by atoms with Crippen molar-refractivity contribution in [1.29, 1.82) is 0 Å². The van der Waals surface area contributed by atoms with Gasteiger partial charge in [-0.1, -0.05) is 12.8 Å². The number of aromatic nitrogens is 2. The summed E-state index contributed by atoms with van der Waals surface area (Å²) < 4.78 is 0. The molecule has 2 N–H and O–H groups in total. The number of nitrogens with two attached hydrogens (primary N) is 1. The van der Waals surface area contributed by atoms with Gasteiger partial charge in [-0.05, 0) is 25.8 Å². The molecular weight excluding hydrogens is 188 g/mol. The van der Waals surface area contributed by atoms with Crippen LogP contribution in [0.2, 0.25) is 0 Å². The molecule has 1 aromatic heterocycles. The van der Waals surface area contributed by atoms with Gasteiger partial charge in [0.05, 0.1) is 0 Å². The first-order chi connectivity index (χ1) is 7.27. The Labute approximate surface area is 90.5 Å². The fraction of sp³-hybridized carbons (Fsp3) is 0.636. The number of hydrogen-bond acceptors (Lipinski definition) is 4. The van der Waals surface area contributed by atoms with Gasteiger partial charge in [-0.3, -0.25) is 0 Å². The number of hydrogen-bond donors (Lipinski definition) is 1. The van der Waals surface area contributed by atoms with E-state index < -0.39 is 0 Å².